The molecule has 2 aliphatic carbocycles. The van der Waals surface area contributed by atoms with Gasteiger partial charge in [0, 0.05) is 32.0 Å². The molecule has 1 N–H and O–H groups in total. The number of hydrogen-bond donors (Lipinski definition) is 1. The molecule has 3 aliphatic rings. The van der Waals surface area contributed by atoms with Crippen LogP contribution in [0.15, 0.2) is 30.3 Å². The molecule has 1 saturated heterocycles. The van der Waals surface area contributed by atoms with Gasteiger partial charge in [-0.1, -0.05) is 36.8 Å². The van der Waals surface area contributed by atoms with E-state index in [1.54, 1.807) is 11.9 Å². The van der Waals surface area contributed by atoms with Gasteiger partial charge in [-0.25, -0.2) is 0 Å². The fourth-order valence-electron chi connectivity index (χ4n) is 4.94. The van der Waals surface area contributed by atoms with Crippen LogP contribution < -0.4 is 5.32 Å². The molecule has 0 spiro atoms. The van der Waals surface area contributed by atoms with Gasteiger partial charge >= 0.3 is 0 Å². The Morgan fingerprint density at radius 2 is 1.91 bits per heavy atom. The smallest absolute Gasteiger partial charge is 0.225 e. The molecule has 0 aromatic heterocycles. The van der Waals surface area contributed by atoms with Gasteiger partial charge in [-0.3, -0.25) is 9.59 Å². The lowest BCUT2D eigenvalue weighted by molar-refractivity contribution is -0.129. The third kappa shape index (κ3) is 2.44. The van der Waals surface area contributed by atoms with Crippen LogP contribution in [0.2, 0.25) is 0 Å². The van der Waals surface area contributed by atoms with Crippen molar-refractivity contribution in [3.63, 3.8) is 0 Å². The maximum absolute atomic E-state index is 12.6. The van der Waals surface area contributed by atoms with Crippen molar-refractivity contribution >= 4 is 11.8 Å². The summed E-state index contributed by atoms with van der Waals surface area (Å²) in [5.41, 5.74) is 1.35. The highest BCUT2D eigenvalue weighted by molar-refractivity contribution is 5.89. The Labute approximate surface area is 137 Å². The molecule has 2 saturated carbocycles. The number of nitrogens with zero attached hydrogens (tertiary/aromatic N) is 1. The lowest BCUT2D eigenvalue weighted by atomic mass is 9.59. The number of likely N-dealkylation sites (tertiary alicyclic amines) is 1. The number of rotatable bonds is 3. The summed E-state index contributed by atoms with van der Waals surface area (Å²) in [5, 5.41) is 3.30. The molecule has 2 amide bonds. The summed E-state index contributed by atoms with van der Waals surface area (Å²) >= 11 is 0. The Kier molecular flexibility index (Phi) is 3.63. The maximum Gasteiger partial charge on any atom is 0.225 e. The highest BCUT2D eigenvalue weighted by Crippen LogP contribution is 2.56. The van der Waals surface area contributed by atoms with E-state index in [2.05, 4.69) is 29.6 Å². The van der Waals surface area contributed by atoms with E-state index >= 15 is 0 Å². The Balaban J connectivity index is 1.48. The van der Waals surface area contributed by atoms with Crippen molar-refractivity contribution in [2.45, 2.75) is 37.6 Å². The standard InChI is InChI=1S/C19H24N2O2/c1-21-11-13(10-16(21)22)19(23)20-18-15-9-5-8-14(15)17(18)12-6-3-2-4-7-12/h2-4,6-7,13-15,17-18H,5,8-11H2,1H3,(H,20,23)/t13-,14+,15-,17+,18-/m1/s1. The molecule has 4 nitrogen and oxygen atoms in total. The van der Waals surface area contributed by atoms with E-state index in [0.717, 1.165) is 5.92 Å². The summed E-state index contributed by atoms with van der Waals surface area (Å²) < 4.78 is 0. The number of benzene rings is 1. The topological polar surface area (TPSA) is 49.4 Å². The normalized spacial score (nSPS) is 35.8. The molecule has 4 heteroatoms. The first kappa shape index (κ1) is 14.7. The number of nitrogens with one attached hydrogen (secondary N) is 1. The van der Waals surface area contributed by atoms with Crippen LogP contribution in [0.25, 0.3) is 0 Å². The zero-order valence-corrected chi connectivity index (χ0v) is 13.6. The van der Waals surface area contributed by atoms with Crippen molar-refractivity contribution < 1.29 is 9.59 Å². The van der Waals surface area contributed by atoms with Crippen molar-refractivity contribution in [2.75, 3.05) is 13.6 Å². The van der Waals surface area contributed by atoms with E-state index in [-0.39, 0.29) is 23.8 Å². The average Bonchev–Trinajstić information content (AvgIpc) is 3.10. The number of hydrogen-bond acceptors (Lipinski definition) is 2. The van der Waals surface area contributed by atoms with Crippen molar-refractivity contribution in [1.82, 2.24) is 10.2 Å². The van der Waals surface area contributed by atoms with E-state index in [4.69, 9.17) is 0 Å². The van der Waals surface area contributed by atoms with Crippen LogP contribution in [-0.2, 0) is 9.59 Å². The minimum absolute atomic E-state index is 0.0685. The van der Waals surface area contributed by atoms with Crippen LogP contribution in [-0.4, -0.2) is 36.3 Å². The third-order valence-electron chi connectivity index (χ3n) is 6.14. The van der Waals surface area contributed by atoms with Crippen LogP contribution in [0.5, 0.6) is 0 Å². The van der Waals surface area contributed by atoms with Gasteiger partial charge in [-0.15, -0.1) is 0 Å². The second kappa shape index (κ2) is 5.66. The fraction of sp³-hybridized carbons (Fsp3) is 0.579. The van der Waals surface area contributed by atoms with E-state index in [0.29, 0.717) is 24.8 Å². The van der Waals surface area contributed by atoms with E-state index < -0.39 is 0 Å². The summed E-state index contributed by atoms with van der Waals surface area (Å²) in [6.45, 7) is 0.557. The van der Waals surface area contributed by atoms with Crippen LogP contribution in [0.1, 0.15) is 37.2 Å². The van der Waals surface area contributed by atoms with Crippen LogP contribution in [0.3, 0.4) is 0 Å². The Hall–Kier alpha value is -1.84. The van der Waals surface area contributed by atoms with Crippen molar-refractivity contribution in [2.24, 2.45) is 17.8 Å². The number of carbonyl (C=O) groups is 2. The fourth-order valence-corrected chi connectivity index (χ4v) is 4.94. The molecule has 0 bridgehead atoms. The Morgan fingerprint density at radius 3 is 2.61 bits per heavy atom. The molecule has 1 aliphatic heterocycles. The minimum Gasteiger partial charge on any atom is -0.352 e. The van der Waals surface area contributed by atoms with Gasteiger partial charge in [0.15, 0.2) is 0 Å². The largest absolute Gasteiger partial charge is 0.352 e. The highest BCUT2D eigenvalue weighted by Gasteiger charge is 2.53. The van der Waals surface area contributed by atoms with E-state index in [9.17, 15) is 9.59 Å². The molecule has 1 aromatic rings. The number of fused-ring (bicyclic) bond motifs is 1. The summed E-state index contributed by atoms with van der Waals surface area (Å²) in [7, 11) is 1.78. The van der Waals surface area contributed by atoms with Crippen molar-refractivity contribution in [1.29, 1.82) is 0 Å². The highest BCUT2D eigenvalue weighted by atomic mass is 16.2. The predicted octanol–water partition coefficient (Wildman–Crippen LogP) is 2.16. The lowest BCUT2D eigenvalue weighted by Gasteiger charge is -2.50. The molecule has 23 heavy (non-hydrogen) atoms. The first-order chi connectivity index (χ1) is 11.1. The van der Waals surface area contributed by atoms with Crippen LogP contribution in [0, 0.1) is 17.8 Å². The molecular formula is C19H24N2O2. The summed E-state index contributed by atoms with van der Waals surface area (Å²) in [6, 6.07) is 10.8. The van der Waals surface area contributed by atoms with Gasteiger partial charge in [-0.2, -0.15) is 0 Å². The summed E-state index contributed by atoms with van der Waals surface area (Å²) in [6.07, 6.45) is 4.14. The quantitative estimate of drug-likeness (QED) is 0.930. The number of carbonyl (C=O) groups excluding carboxylic acids is 2. The van der Waals surface area contributed by atoms with E-state index in [1.807, 2.05) is 6.07 Å². The average molecular weight is 312 g/mol. The van der Waals surface area contributed by atoms with Crippen molar-refractivity contribution in [3.05, 3.63) is 35.9 Å². The first-order valence-corrected chi connectivity index (χ1v) is 8.74. The molecule has 3 fully saturated rings. The molecule has 122 valence electrons. The minimum atomic E-state index is -0.177. The molecule has 1 heterocycles. The maximum atomic E-state index is 12.6. The predicted molar refractivity (Wildman–Crippen MR) is 87.7 cm³/mol. The van der Waals surface area contributed by atoms with E-state index in [1.165, 1.54) is 24.8 Å². The second-order valence-electron chi connectivity index (χ2n) is 7.40. The molecule has 0 radical (unpaired) electrons. The second-order valence-corrected chi connectivity index (χ2v) is 7.40. The summed E-state index contributed by atoms with van der Waals surface area (Å²) in [4.78, 5) is 26.0. The van der Waals surface area contributed by atoms with Crippen molar-refractivity contribution in [3.8, 4) is 0 Å². The van der Waals surface area contributed by atoms with Gasteiger partial charge in [0.1, 0.15) is 0 Å². The van der Waals surface area contributed by atoms with Gasteiger partial charge in [0.25, 0.3) is 0 Å². The summed E-state index contributed by atoms with van der Waals surface area (Å²) in [5.74, 6) is 1.76. The van der Waals surface area contributed by atoms with Gasteiger partial charge < -0.3 is 10.2 Å². The van der Waals surface area contributed by atoms with Gasteiger partial charge in [-0.05, 0) is 30.2 Å². The Morgan fingerprint density at radius 1 is 1.17 bits per heavy atom. The molecule has 0 unspecified atom stereocenters. The number of amides is 2. The van der Waals surface area contributed by atoms with Crippen LogP contribution >= 0.6 is 0 Å². The van der Waals surface area contributed by atoms with Gasteiger partial charge in [0.2, 0.25) is 11.8 Å². The molecule has 1 aromatic carbocycles. The first-order valence-electron chi connectivity index (χ1n) is 8.74. The van der Waals surface area contributed by atoms with Crippen LogP contribution in [0.4, 0.5) is 0 Å². The molecule has 5 atom stereocenters. The molecular weight excluding hydrogens is 288 g/mol. The monoisotopic (exact) mass is 312 g/mol. The van der Waals surface area contributed by atoms with Gasteiger partial charge in [0.05, 0.1) is 5.92 Å². The molecule has 4 rings (SSSR count). The SMILES string of the molecule is CN1C[C@H](C(=O)N[C@@H]2[C@@H]3CCC[C@@H]3[C@@H]2c2ccccc2)CC1=O. The zero-order chi connectivity index (χ0) is 16.0. The lowest BCUT2D eigenvalue weighted by Crippen LogP contribution is -2.57. The third-order valence-corrected chi connectivity index (χ3v) is 6.14. The Bertz CT molecular complexity index is 615. The zero-order valence-electron chi connectivity index (χ0n) is 13.6.